The Morgan fingerprint density at radius 3 is 2.16 bits per heavy atom. The molecule has 0 aliphatic carbocycles. The summed E-state index contributed by atoms with van der Waals surface area (Å²) in [6, 6.07) is -3.27. The minimum Gasteiger partial charge on any atom is -0.480 e. The summed E-state index contributed by atoms with van der Waals surface area (Å²) >= 11 is 0. The van der Waals surface area contributed by atoms with Gasteiger partial charge >= 0.3 is 5.97 Å². The molecule has 0 spiro atoms. The van der Waals surface area contributed by atoms with Gasteiger partial charge in [-0.1, -0.05) is 48.0 Å². The number of likely N-dealkylation sites (tertiary alicyclic amines) is 1. The van der Waals surface area contributed by atoms with E-state index in [2.05, 4.69) is 10.6 Å². The summed E-state index contributed by atoms with van der Waals surface area (Å²) in [6.45, 7) is 11.6. The number of hydrogen-bond acceptors (Lipinski definition) is 5. The van der Waals surface area contributed by atoms with E-state index in [0.717, 1.165) is 0 Å². The fraction of sp³-hybridized carbons (Fsp3) is 0.818. The topological polar surface area (TPSA) is 142 Å². The molecule has 1 aliphatic rings. The van der Waals surface area contributed by atoms with Crippen LogP contribution in [0.2, 0.25) is 0 Å². The summed E-state index contributed by atoms with van der Waals surface area (Å²) in [7, 11) is 0. The van der Waals surface area contributed by atoms with Crippen LogP contribution in [0.5, 0.6) is 0 Å². The highest BCUT2D eigenvalue weighted by Gasteiger charge is 2.39. The first-order chi connectivity index (χ1) is 14.4. The van der Waals surface area contributed by atoms with Crippen LogP contribution in [0, 0.1) is 17.8 Å². The molecule has 0 bridgehead atoms. The van der Waals surface area contributed by atoms with Crippen molar-refractivity contribution >= 4 is 23.7 Å². The second-order valence-corrected chi connectivity index (χ2v) is 9.37. The van der Waals surface area contributed by atoms with Crippen molar-refractivity contribution in [1.82, 2.24) is 15.5 Å². The van der Waals surface area contributed by atoms with E-state index in [-0.39, 0.29) is 23.7 Å². The zero-order chi connectivity index (χ0) is 23.9. The average Bonchev–Trinajstić information content (AvgIpc) is 3.17. The summed E-state index contributed by atoms with van der Waals surface area (Å²) in [5.74, 6) is -2.56. The number of amides is 3. The maximum Gasteiger partial charge on any atom is 0.326 e. The van der Waals surface area contributed by atoms with Gasteiger partial charge < -0.3 is 26.4 Å². The molecule has 1 heterocycles. The van der Waals surface area contributed by atoms with Gasteiger partial charge in [0.05, 0.1) is 6.04 Å². The van der Waals surface area contributed by atoms with E-state index < -0.39 is 42.0 Å². The third-order valence-corrected chi connectivity index (χ3v) is 5.90. The summed E-state index contributed by atoms with van der Waals surface area (Å²) in [5, 5.41) is 14.7. The number of carbonyl (C=O) groups excluding carboxylic acids is 3. The first kappa shape index (κ1) is 26.9. The van der Waals surface area contributed by atoms with Gasteiger partial charge in [-0.15, -0.1) is 0 Å². The van der Waals surface area contributed by atoms with E-state index in [9.17, 15) is 24.3 Å². The molecule has 0 radical (unpaired) electrons. The third kappa shape index (κ3) is 7.48. The summed E-state index contributed by atoms with van der Waals surface area (Å²) < 4.78 is 0. The fourth-order valence-electron chi connectivity index (χ4n) is 3.83. The number of nitrogens with two attached hydrogens (primary N) is 1. The second-order valence-electron chi connectivity index (χ2n) is 9.37. The van der Waals surface area contributed by atoms with Crippen LogP contribution in [-0.4, -0.2) is 64.4 Å². The minimum absolute atomic E-state index is 0.209. The van der Waals surface area contributed by atoms with Gasteiger partial charge in [0.1, 0.15) is 18.1 Å². The number of carboxylic acids is 1. The van der Waals surface area contributed by atoms with Crippen molar-refractivity contribution in [3.05, 3.63) is 0 Å². The highest BCUT2D eigenvalue weighted by atomic mass is 16.4. The zero-order valence-electron chi connectivity index (χ0n) is 19.7. The quantitative estimate of drug-likeness (QED) is 0.379. The molecular weight excluding hydrogens is 400 g/mol. The van der Waals surface area contributed by atoms with E-state index in [1.54, 1.807) is 13.8 Å². The number of nitrogens with one attached hydrogen (secondary N) is 2. The van der Waals surface area contributed by atoms with Crippen LogP contribution in [0.4, 0.5) is 0 Å². The normalized spacial score (nSPS) is 20.3. The van der Waals surface area contributed by atoms with Gasteiger partial charge in [-0.25, -0.2) is 4.79 Å². The lowest BCUT2D eigenvalue weighted by atomic mass is 9.96. The van der Waals surface area contributed by atoms with E-state index >= 15 is 0 Å². The molecule has 3 amide bonds. The minimum atomic E-state index is -1.12. The van der Waals surface area contributed by atoms with E-state index in [4.69, 9.17) is 5.73 Å². The lowest BCUT2D eigenvalue weighted by molar-refractivity contribution is -0.144. The second kappa shape index (κ2) is 12.0. The molecule has 0 aromatic carbocycles. The van der Waals surface area contributed by atoms with Crippen molar-refractivity contribution < 1.29 is 24.3 Å². The van der Waals surface area contributed by atoms with E-state index in [1.165, 1.54) is 4.90 Å². The van der Waals surface area contributed by atoms with Crippen LogP contribution in [0.1, 0.15) is 67.2 Å². The van der Waals surface area contributed by atoms with Crippen molar-refractivity contribution in [3.63, 3.8) is 0 Å². The number of rotatable bonds is 11. The molecule has 9 heteroatoms. The maximum absolute atomic E-state index is 13.1. The summed E-state index contributed by atoms with van der Waals surface area (Å²) in [6.07, 6.45) is 2.34. The summed E-state index contributed by atoms with van der Waals surface area (Å²) in [5.41, 5.74) is 6.05. The van der Waals surface area contributed by atoms with Gasteiger partial charge in [0.2, 0.25) is 17.7 Å². The smallest absolute Gasteiger partial charge is 0.326 e. The molecule has 1 saturated heterocycles. The highest BCUT2D eigenvalue weighted by Crippen LogP contribution is 2.21. The van der Waals surface area contributed by atoms with Crippen LogP contribution in [-0.2, 0) is 19.2 Å². The van der Waals surface area contributed by atoms with Gasteiger partial charge in [0.25, 0.3) is 0 Å². The number of aliphatic carboxylic acids is 1. The van der Waals surface area contributed by atoms with Gasteiger partial charge in [-0.2, -0.15) is 0 Å². The first-order valence-corrected chi connectivity index (χ1v) is 11.3. The van der Waals surface area contributed by atoms with Crippen LogP contribution in [0.25, 0.3) is 0 Å². The fourth-order valence-corrected chi connectivity index (χ4v) is 3.83. The van der Waals surface area contributed by atoms with E-state index in [0.29, 0.717) is 32.2 Å². The lowest BCUT2D eigenvalue weighted by Crippen LogP contribution is -2.58. The molecule has 5 atom stereocenters. The molecule has 0 aromatic heterocycles. The van der Waals surface area contributed by atoms with Gasteiger partial charge in [-0.05, 0) is 37.0 Å². The molecule has 5 N–H and O–H groups in total. The molecule has 9 nitrogen and oxygen atoms in total. The SMILES string of the molecule is CCC(C)C(NC(=O)C1CCCN1C(=O)C(N)CC(C)C)C(=O)NC(C(=O)O)C(C)C. The summed E-state index contributed by atoms with van der Waals surface area (Å²) in [4.78, 5) is 51.7. The molecular formula is C22H40N4O5. The van der Waals surface area contributed by atoms with Crippen LogP contribution in [0.3, 0.4) is 0 Å². The van der Waals surface area contributed by atoms with Gasteiger partial charge in [0, 0.05) is 6.54 Å². The zero-order valence-corrected chi connectivity index (χ0v) is 19.7. The van der Waals surface area contributed by atoms with Crippen molar-refractivity contribution in [3.8, 4) is 0 Å². The maximum atomic E-state index is 13.1. The molecule has 1 fully saturated rings. The molecule has 0 aromatic rings. The predicted octanol–water partition coefficient (Wildman–Crippen LogP) is 1.11. The van der Waals surface area contributed by atoms with Crippen LogP contribution >= 0.6 is 0 Å². The van der Waals surface area contributed by atoms with Crippen molar-refractivity contribution in [2.24, 2.45) is 23.5 Å². The Bertz CT molecular complexity index is 652. The van der Waals surface area contributed by atoms with Gasteiger partial charge in [0.15, 0.2) is 0 Å². The lowest BCUT2D eigenvalue weighted by Gasteiger charge is -2.31. The van der Waals surface area contributed by atoms with Crippen LogP contribution < -0.4 is 16.4 Å². The van der Waals surface area contributed by atoms with Gasteiger partial charge in [-0.3, -0.25) is 14.4 Å². The monoisotopic (exact) mass is 440 g/mol. The standard InChI is InChI=1S/C22H40N4O5/c1-7-14(6)18(20(28)24-17(13(4)5)22(30)31)25-19(27)16-9-8-10-26(16)21(29)15(23)11-12(2)3/h12-18H,7-11,23H2,1-6H3,(H,24,28)(H,25,27)(H,30,31). The largest absolute Gasteiger partial charge is 0.480 e. The first-order valence-electron chi connectivity index (χ1n) is 11.3. The molecule has 5 unspecified atom stereocenters. The Labute approximate surface area is 185 Å². The Kier molecular flexibility index (Phi) is 10.4. The molecule has 1 aliphatic heterocycles. The van der Waals surface area contributed by atoms with Crippen molar-refractivity contribution in [2.45, 2.75) is 91.4 Å². The number of carboxylic acid groups (broad SMARTS) is 1. The Hall–Kier alpha value is -2.16. The third-order valence-electron chi connectivity index (χ3n) is 5.90. The molecule has 1 rings (SSSR count). The number of hydrogen-bond donors (Lipinski definition) is 4. The Balaban J connectivity index is 2.94. The van der Waals surface area contributed by atoms with Crippen molar-refractivity contribution in [1.29, 1.82) is 0 Å². The Morgan fingerprint density at radius 2 is 1.68 bits per heavy atom. The molecule has 31 heavy (non-hydrogen) atoms. The molecule has 178 valence electrons. The van der Waals surface area contributed by atoms with Crippen molar-refractivity contribution in [2.75, 3.05) is 6.54 Å². The number of nitrogens with zero attached hydrogens (tertiary/aromatic N) is 1. The predicted molar refractivity (Wildman–Crippen MR) is 118 cm³/mol. The van der Waals surface area contributed by atoms with E-state index in [1.807, 2.05) is 27.7 Å². The average molecular weight is 441 g/mol. The van der Waals surface area contributed by atoms with Crippen LogP contribution in [0.15, 0.2) is 0 Å². The molecule has 0 saturated carbocycles. The Morgan fingerprint density at radius 1 is 1.06 bits per heavy atom. The number of carbonyl (C=O) groups is 4. The highest BCUT2D eigenvalue weighted by molar-refractivity contribution is 5.94.